The van der Waals surface area contributed by atoms with E-state index in [1.165, 1.54) is 11.5 Å². The van der Waals surface area contributed by atoms with Crippen LogP contribution in [0, 0.1) is 12.3 Å². The highest BCUT2D eigenvalue weighted by Gasteiger charge is 2.27. The van der Waals surface area contributed by atoms with Crippen LogP contribution in [0.4, 0.5) is 0 Å². The molecule has 0 saturated heterocycles. The van der Waals surface area contributed by atoms with Crippen LogP contribution in [0.5, 0.6) is 0 Å². The van der Waals surface area contributed by atoms with Gasteiger partial charge in [0, 0.05) is 5.39 Å². The third-order valence-corrected chi connectivity index (χ3v) is 3.84. The van der Waals surface area contributed by atoms with Crippen molar-refractivity contribution in [3.63, 3.8) is 0 Å². The van der Waals surface area contributed by atoms with Crippen LogP contribution in [0.2, 0.25) is 0 Å². The summed E-state index contributed by atoms with van der Waals surface area (Å²) in [6.07, 6.45) is 0.537. The molecule has 1 aromatic carbocycles. The van der Waals surface area contributed by atoms with Crippen molar-refractivity contribution in [2.75, 3.05) is 0 Å². The van der Waals surface area contributed by atoms with Gasteiger partial charge in [-0.15, -0.1) is 0 Å². The van der Waals surface area contributed by atoms with Gasteiger partial charge in [-0.25, -0.2) is 0 Å². The largest absolute Gasteiger partial charge is 0.481 e. The number of aryl methyl sites for hydroxylation is 1. The van der Waals surface area contributed by atoms with Gasteiger partial charge in [-0.2, -0.15) is 4.37 Å². The molecule has 0 aliphatic heterocycles. The maximum absolute atomic E-state index is 11.1. The zero-order chi connectivity index (χ0) is 12.6. The number of nitrogens with zero attached hydrogens (tertiary/aromatic N) is 1. The van der Waals surface area contributed by atoms with Crippen molar-refractivity contribution < 1.29 is 9.90 Å². The van der Waals surface area contributed by atoms with Gasteiger partial charge >= 0.3 is 5.97 Å². The van der Waals surface area contributed by atoms with Crippen molar-refractivity contribution in [3.05, 3.63) is 29.5 Å². The summed E-state index contributed by atoms with van der Waals surface area (Å²) in [6.45, 7) is 5.48. The van der Waals surface area contributed by atoms with Gasteiger partial charge in [0.2, 0.25) is 0 Å². The first-order chi connectivity index (χ1) is 7.90. The molecule has 1 heterocycles. The number of carbonyl (C=O) groups is 1. The van der Waals surface area contributed by atoms with E-state index in [0.29, 0.717) is 6.42 Å². The van der Waals surface area contributed by atoms with Gasteiger partial charge in [0.1, 0.15) is 0 Å². The summed E-state index contributed by atoms with van der Waals surface area (Å²) in [6, 6.07) is 6.07. The molecule has 1 aromatic heterocycles. The van der Waals surface area contributed by atoms with Gasteiger partial charge in [-0.05, 0) is 50.4 Å². The Hall–Kier alpha value is -1.42. The topological polar surface area (TPSA) is 50.2 Å². The fourth-order valence-electron chi connectivity index (χ4n) is 1.80. The molecule has 1 N–H and O–H groups in total. The van der Waals surface area contributed by atoms with Crippen LogP contribution in [0.3, 0.4) is 0 Å². The van der Waals surface area contributed by atoms with E-state index in [1.54, 1.807) is 13.8 Å². The summed E-state index contributed by atoms with van der Waals surface area (Å²) in [4.78, 5) is 11.1. The third-order valence-electron chi connectivity index (χ3n) is 2.94. The molecular weight excluding hydrogens is 234 g/mol. The van der Waals surface area contributed by atoms with E-state index in [4.69, 9.17) is 5.11 Å². The van der Waals surface area contributed by atoms with Gasteiger partial charge in [-0.3, -0.25) is 4.79 Å². The van der Waals surface area contributed by atoms with Crippen molar-refractivity contribution in [2.24, 2.45) is 5.41 Å². The van der Waals surface area contributed by atoms with Crippen molar-refractivity contribution >= 4 is 27.6 Å². The van der Waals surface area contributed by atoms with Crippen LogP contribution >= 0.6 is 11.5 Å². The zero-order valence-corrected chi connectivity index (χ0v) is 11.0. The van der Waals surface area contributed by atoms with Crippen LogP contribution in [0.25, 0.3) is 10.1 Å². The molecule has 0 aliphatic carbocycles. The molecular formula is C13H15NO2S. The predicted molar refractivity (Wildman–Crippen MR) is 69.5 cm³/mol. The first kappa shape index (κ1) is 12.0. The second kappa shape index (κ2) is 4.11. The number of hydrogen-bond acceptors (Lipinski definition) is 3. The molecule has 0 aliphatic rings. The van der Waals surface area contributed by atoms with Gasteiger partial charge in [0.15, 0.2) is 0 Å². The molecule has 0 atom stereocenters. The van der Waals surface area contributed by atoms with Gasteiger partial charge in [0.25, 0.3) is 0 Å². The van der Waals surface area contributed by atoms with Crippen LogP contribution in [0.1, 0.15) is 25.1 Å². The summed E-state index contributed by atoms with van der Waals surface area (Å²) in [5.74, 6) is -0.766. The standard InChI is InChI=1S/C13H15NO2S/c1-8-10-5-4-9(6-11(10)17-14-8)7-13(2,3)12(15)16/h4-6H,7H2,1-3H3,(H,15,16). The van der Waals surface area contributed by atoms with Gasteiger partial charge < -0.3 is 5.11 Å². The second-order valence-corrected chi connectivity index (χ2v) is 5.77. The Morgan fingerprint density at radius 2 is 2.18 bits per heavy atom. The molecule has 90 valence electrons. The summed E-state index contributed by atoms with van der Waals surface area (Å²) < 4.78 is 5.42. The molecule has 0 amide bonds. The lowest BCUT2D eigenvalue weighted by Gasteiger charge is -2.18. The Morgan fingerprint density at radius 1 is 1.47 bits per heavy atom. The monoisotopic (exact) mass is 249 g/mol. The van der Waals surface area contributed by atoms with Crippen LogP contribution in [-0.4, -0.2) is 15.4 Å². The SMILES string of the molecule is Cc1nsc2cc(CC(C)(C)C(=O)O)ccc12. The summed E-state index contributed by atoms with van der Waals surface area (Å²) in [5, 5.41) is 10.3. The number of hydrogen-bond donors (Lipinski definition) is 1. The number of fused-ring (bicyclic) bond motifs is 1. The Balaban J connectivity index is 2.34. The highest BCUT2D eigenvalue weighted by Crippen LogP contribution is 2.27. The fourth-order valence-corrected chi connectivity index (χ4v) is 2.66. The van der Waals surface area contributed by atoms with E-state index in [1.807, 2.05) is 25.1 Å². The van der Waals surface area contributed by atoms with Crippen molar-refractivity contribution in [1.82, 2.24) is 4.37 Å². The van der Waals surface area contributed by atoms with E-state index in [-0.39, 0.29) is 0 Å². The zero-order valence-electron chi connectivity index (χ0n) is 10.2. The number of rotatable bonds is 3. The average Bonchev–Trinajstić information content (AvgIpc) is 2.59. The maximum Gasteiger partial charge on any atom is 0.309 e. The van der Waals surface area contributed by atoms with E-state index < -0.39 is 11.4 Å². The van der Waals surface area contributed by atoms with Crippen molar-refractivity contribution in [1.29, 1.82) is 0 Å². The highest BCUT2D eigenvalue weighted by molar-refractivity contribution is 7.13. The molecule has 0 bridgehead atoms. The minimum atomic E-state index is -0.766. The first-order valence-electron chi connectivity index (χ1n) is 5.48. The minimum Gasteiger partial charge on any atom is -0.481 e. The summed E-state index contributed by atoms with van der Waals surface area (Å²) in [5.41, 5.74) is 1.36. The number of carboxylic acids is 1. The molecule has 0 fully saturated rings. The van der Waals surface area contributed by atoms with E-state index in [9.17, 15) is 4.79 Å². The smallest absolute Gasteiger partial charge is 0.309 e. The molecule has 0 radical (unpaired) electrons. The molecule has 0 unspecified atom stereocenters. The lowest BCUT2D eigenvalue weighted by molar-refractivity contribution is -0.146. The highest BCUT2D eigenvalue weighted by atomic mass is 32.1. The van der Waals surface area contributed by atoms with Crippen molar-refractivity contribution in [2.45, 2.75) is 27.2 Å². The number of benzene rings is 1. The van der Waals surface area contributed by atoms with Gasteiger partial charge in [0.05, 0.1) is 15.8 Å². The van der Waals surface area contributed by atoms with Crippen LogP contribution < -0.4 is 0 Å². The lowest BCUT2D eigenvalue weighted by atomic mass is 9.86. The Kier molecular flexibility index (Phi) is 2.91. The normalized spacial score (nSPS) is 11.9. The predicted octanol–water partition coefficient (Wildman–Crippen LogP) is 3.26. The van der Waals surface area contributed by atoms with Crippen molar-refractivity contribution in [3.8, 4) is 0 Å². The minimum absolute atomic E-state index is 0.537. The summed E-state index contributed by atoms with van der Waals surface area (Å²) in [7, 11) is 0. The quantitative estimate of drug-likeness (QED) is 0.908. The molecule has 0 spiro atoms. The molecule has 17 heavy (non-hydrogen) atoms. The average molecular weight is 249 g/mol. The van der Waals surface area contributed by atoms with Crippen LogP contribution in [0.15, 0.2) is 18.2 Å². The molecule has 3 nitrogen and oxygen atoms in total. The number of carboxylic acid groups (broad SMARTS) is 1. The van der Waals surface area contributed by atoms with Crippen LogP contribution in [-0.2, 0) is 11.2 Å². The Labute approximate surface area is 104 Å². The first-order valence-corrected chi connectivity index (χ1v) is 6.26. The number of aliphatic carboxylic acids is 1. The summed E-state index contributed by atoms with van der Waals surface area (Å²) >= 11 is 1.47. The van der Waals surface area contributed by atoms with Gasteiger partial charge in [-0.1, -0.05) is 12.1 Å². The lowest BCUT2D eigenvalue weighted by Crippen LogP contribution is -2.26. The molecule has 2 rings (SSSR count). The molecule has 4 heteroatoms. The maximum atomic E-state index is 11.1. The Morgan fingerprint density at radius 3 is 2.82 bits per heavy atom. The van der Waals surface area contributed by atoms with E-state index in [0.717, 1.165) is 21.3 Å². The molecule has 2 aromatic rings. The fraction of sp³-hybridized carbons (Fsp3) is 0.385. The third kappa shape index (κ3) is 2.31. The Bertz CT molecular complexity index is 572. The second-order valence-electron chi connectivity index (χ2n) is 4.96. The molecule has 0 saturated carbocycles. The van der Waals surface area contributed by atoms with E-state index >= 15 is 0 Å². The number of aromatic nitrogens is 1. The van der Waals surface area contributed by atoms with E-state index in [2.05, 4.69) is 4.37 Å².